The van der Waals surface area contributed by atoms with Crippen LogP contribution in [-0.4, -0.2) is 0 Å². The molecule has 0 aliphatic carbocycles. The first-order chi connectivity index (χ1) is 6.40. The lowest BCUT2D eigenvalue weighted by Gasteiger charge is -2.00. The van der Waals surface area contributed by atoms with Gasteiger partial charge in [-0.3, -0.25) is 0 Å². The molecule has 1 aromatic heterocycles. The second-order valence-electron chi connectivity index (χ2n) is 2.92. The lowest BCUT2D eigenvalue weighted by Crippen LogP contribution is -1.95. The Labute approximate surface area is 81.8 Å². The van der Waals surface area contributed by atoms with Gasteiger partial charge in [0.15, 0.2) is 0 Å². The first-order valence-electron chi connectivity index (χ1n) is 4.22. The lowest BCUT2D eigenvalue weighted by atomic mass is 10.1. The highest BCUT2D eigenvalue weighted by atomic mass is 32.1. The third-order valence-corrected chi connectivity index (χ3v) is 2.70. The maximum absolute atomic E-state index is 5.57. The van der Waals surface area contributed by atoms with Gasteiger partial charge in [-0.2, -0.15) is 11.3 Å². The van der Waals surface area contributed by atoms with E-state index in [4.69, 9.17) is 5.73 Å². The predicted octanol–water partition coefficient (Wildman–Crippen LogP) is 2.87. The molecule has 1 heterocycles. The fraction of sp³-hybridized carbons (Fsp3) is 0.0909. The standard InChI is InChI=1S/C11H11NS/c12-7-9-2-1-3-10(6-9)11-4-5-13-8-11/h1-6,8H,7,12H2. The van der Waals surface area contributed by atoms with E-state index >= 15 is 0 Å². The van der Waals surface area contributed by atoms with E-state index in [9.17, 15) is 0 Å². The van der Waals surface area contributed by atoms with Crippen LogP contribution in [-0.2, 0) is 6.54 Å². The number of hydrogen-bond donors (Lipinski definition) is 1. The van der Waals surface area contributed by atoms with E-state index in [0.29, 0.717) is 6.54 Å². The zero-order chi connectivity index (χ0) is 9.10. The Balaban J connectivity index is 2.41. The van der Waals surface area contributed by atoms with Gasteiger partial charge in [-0.15, -0.1) is 0 Å². The predicted molar refractivity (Wildman–Crippen MR) is 57.6 cm³/mol. The van der Waals surface area contributed by atoms with Crippen molar-refractivity contribution in [2.24, 2.45) is 5.73 Å². The van der Waals surface area contributed by atoms with E-state index in [0.717, 1.165) is 0 Å². The van der Waals surface area contributed by atoms with Crippen molar-refractivity contribution in [3.05, 3.63) is 46.7 Å². The van der Waals surface area contributed by atoms with Crippen LogP contribution in [0.25, 0.3) is 11.1 Å². The normalized spacial score (nSPS) is 10.2. The molecule has 13 heavy (non-hydrogen) atoms. The van der Waals surface area contributed by atoms with Gasteiger partial charge < -0.3 is 5.73 Å². The molecule has 0 amide bonds. The summed E-state index contributed by atoms with van der Waals surface area (Å²) in [5.41, 5.74) is 9.29. The summed E-state index contributed by atoms with van der Waals surface area (Å²) in [4.78, 5) is 0. The largest absolute Gasteiger partial charge is 0.326 e. The first kappa shape index (κ1) is 8.48. The van der Waals surface area contributed by atoms with Crippen LogP contribution in [0.3, 0.4) is 0 Å². The van der Waals surface area contributed by atoms with Crippen LogP contribution >= 0.6 is 11.3 Å². The summed E-state index contributed by atoms with van der Waals surface area (Å²) in [6.07, 6.45) is 0. The SMILES string of the molecule is NCc1cccc(-c2ccsc2)c1. The molecule has 0 aliphatic rings. The molecule has 0 fully saturated rings. The molecule has 2 rings (SSSR count). The quantitative estimate of drug-likeness (QED) is 0.772. The van der Waals surface area contributed by atoms with Crippen molar-refractivity contribution in [2.45, 2.75) is 6.54 Å². The fourth-order valence-corrected chi connectivity index (χ4v) is 1.97. The van der Waals surface area contributed by atoms with Crippen LogP contribution in [0, 0.1) is 0 Å². The fourth-order valence-electron chi connectivity index (χ4n) is 1.31. The van der Waals surface area contributed by atoms with Crippen LogP contribution in [0.15, 0.2) is 41.1 Å². The van der Waals surface area contributed by atoms with Crippen molar-refractivity contribution in [3.63, 3.8) is 0 Å². The minimum absolute atomic E-state index is 0.609. The highest BCUT2D eigenvalue weighted by molar-refractivity contribution is 7.08. The van der Waals surface area contributed by atoms with Gasteiger partial charge in [0.05, 0.1) is 0 Å². The van der Waals surface area contributed by atoms with E-state index in [1.165, 1.54) is 16.7 Å². The van der Waals surface area contributed by atoms with E-state index < -0.39 is 0 Å². The molecule has 0 saturated heterocycles. The summed E-state index contributed by atoms with van der Waals surface area (Å²) in [7, 11) is 0. The molecular weight excluding hydrogens is 178 g/mol. The Morgan fingerprint density at radius 3 is 2.77 bits per heavy atom. The molecule has 0 saturated carbocycles. The van der Waals surface area contributed by atoms with Crippen molar-refractivity contribution < 1.29 is 0 Å². The van der Waals surface area contributed by atoms with E-state index in [1.54, 1.807) is 11.3 Å². The lowest BCUT2D eigenvalue weighted by molar-refractivity contribution is 1.07. The second-order valence-corrected chi connectivity index (χ2v) is 3.70. The molecule has 0 radical (unpaired) electrons. The minimum atomic E-state index is 0.609. The van der Waals surface area contributed by atoms with Crippen LogP contribution in [0.1, 0.15) is 5.56 Å². The van der Waals surface area contributed by atoms with Gasteiger partial charge in [-0.05, 0) is 39.6 Å². The summed E-state index contributed by atoms with van der Waals surface area (Å²) in [5.74, 6) is 0. The van der Waals surface area contributed by atoms with Crippen molar-refractivity contribution in [3.8, 4) is 11.1 Å². The molecule has 66 valence electrons. The average molecular weight is 189 g/mol. The van der Waals surface area contributed by atoms with Crippen molar-refractivity contribution in [1.82, 2.24) is 0 Å². The average Bonchev–Trinajstić information content (AvgIpc) is 2.71. The third-order valence-electron chi connectivity index (χ3n) is 2.02. The van der Waals surface area contributed by atoms with E-state index in [2.05, 4.69) is 41.1 Å². The van der Waals surface area contributed by atoms with Crippen LogP contribution in [0.5, 0.6) is 0 Å². The number of rotatable bonds is 2. The molecule has 2 N–H and O–H groups in total. The monoisotopic (exact) mass is 189 g/mol. The molecule has 2 heteroatoms. The van der Waals surface area contributed by atoms with Crippen molar-refractivity contribution in [1.29, 1.82) is 0 Å². The van der Waals surface area contributed by atoms with Gasteiger partial charge in [0.25, 0.3) is 0 Å². The Hall–Kier alpha value is -1.12. The third kappa shape index (κ3) is 1.79. The first-order valence-corrected chi connectivity index (χ1v) is 5.16. The number of hydrogen-bond acceptors (Lipinski definition) is 2. The van der Waals surface area contributed by atoms with Crippen molar-refractivity contribution in [2.75, 3.05) is 0 Å². The van der Waals surface area contributed by atoms with Gasteiger partial charge in [-0.25, -0.2) is 0 Å². The highest BCUT2D eigenvalue weighted by Crippen LogP contribution is 2.22. The number of thiophene rings is 1. The topological polar surface area (TPSA) is 26.0 Å². The maximum Gasteiger partial charge on any atom is 0.0178 e. The zero-order valence-electron chi connectivity index (χ0n) is 7.23. The zero-order valence-corrected chi connectivity index (χ0v) is 8.05. The Kier molecular flexibility index (Phi) is 2.43. The summed E-state index contributed by atoms with van der Waals surface area (Å²) in [6, 6.07) is 10.5. The van der Waals surface area contributed by atoms with Gasteiger partial charge in [0.1, 0.15) is 0 Å². The molecule has 0 aliphatic heterocycles. The number of benzene rings is 1. The van der Waals surface area contributed by atoms with E-state index in [-0.39, 0.29) is 0 Å². The molecule has 1 aromatic carbocycles. The molecular formula is C11H11NS. The van der Waals surface area contributed by atoms with Crippen LogP contribution < -0.4 is 5.73 Å². The Morgan fingerprint density at radius 1 is 1.15 bits per heavy atom. The molecule has 2 aromatic rings. The van der Waals surface area contributed by atoms with E-state index in [1.807, 2.05) is 0 Å². The molecule has 1 nitrogen and oxygen atoms in total. The van der Waals surface area contributed by atoms with Gasteiger partial charge in [0, 0.05) is 6.54 Å². The molecule has 0 atom stereocenters. The van der Waals surface area contributed by atoms with Crippen LogP contribution in [0.4, 0.5) is 0 Å². The smallest absolute Gasteiger partial charge is 0.0178 e. The van der Waals surface area contributed by atoms with Crippen LogP contribution in [0.2, 0.25) is 0 Å². The minimum Gasteiger partial charge on any atom is -0.326 e. The van der Waals surface area contributed by atoms with Gasteiger partial charge in [-0.1, -0.05) is 18.2 Å². The summed E-state index contributed by atoms with van der Waals surface area (Å²) >= 11 is 1.72. The highest BCUT2D eigenvalue weighted by Gasteiger charge is 1.97. The summed E-state index contributed by atoms with van der Waals surface area (Å²) in [6.45, 7) is 0.609. The Morgan fingerprint density at radius 2 is 2.08 bits per heavy atom. The van der Waals surface area contributed by atoms with Crippen molar-refractivity contribution >= 4 is 11.3 Å². The molecule has 0 unspecified atom stereocenters. The Bertz CT molecular complexity index is 379. The second kappa shape index (κ2) is 3.73. The number of nitrogens with two attached hydrogens (primary N) is 1. The van der Waals surface area contributed by atoms with Gasteiger partial charge in [0.2, 0.25) is 0 Å². The molecule has 0 bridgehead atoms. The summed E-state index contributed by atoms with van der Waals surface area (Å²) in [5, 5.41) is 4.24. The molecule has 0 spiro atoms. The van der Waals surface area contributed by atoms with Gasteiger partial charge >= 0.3 is 0 Å². The maximum atomic E-state index is 5.57. The summed E-state index contributed by atoms with van der Waals surface area (Å²) < 4.78 is 0.